The first-order valence-corrected chi connectivity index (χ1v) is 10.4. The molecule has 5 aliphatic carbocycles. The smallest absolute Gasteiger partial charge is 0.162 e. The second-order valence-electron chi connectivity index (χ2n) is 9.94. The maximum Gasteiger partial charge on any atom is 0.162 e. The van der Waals surface area contributed by atoms with E-state index in [1.165, 1.54) is 38.5 Å². The van der Waals surface area contributed by atoms with Crippen LogP contribution in [0.1, 0.15) is 71.1 Å². The summed E-state index contributed by atoms with van der Waals surface area (Å²) in [6, 6.07) is 0. The monoisotopic (exact) mass is 328 g/mol. The predicted octanol–water partition coefficient (Wildman–Crippen LogP) is 4.52. The third-order valence-electron chi connectivity index (χ3n) is 9.47. The van der Waals surface area contributed by atoms with Gasteiger partial charge < -0.3 is 5.11 Å². The van der Waals surface area contributed by atoms with E-state index in [4.69, 9.17) is 0 Å². The highest BCUT2D eigenvalue weighted by Gasteiger charge is 2.63. The number of aliphatic hydroxyl groups excluding tert-OH is 1. The molecular weight excluding hydrogens is 296 g/mol. The van der Waals surface area contributed by atoms with E-state index in [0.29, 0.717) is 23.0 Å². The molecule has 5 aliphatic rings. The Morgan fingerprint density at radius 1 is 1.00 bits per heavy atom. The van der Waals surface area contributed by atoms with E-state index in [1.807, 2.05) is 6.08 Å². The summed E-state index contributed by atoms with van der Waals surface area (Å²) in [6.07, 6.45) is 16.0. The first kappa shape index (κ1) is 15.6. The zero-order valence-electron chi connectivity index (χ0n) is 15.0. The highest BCUT2D eigenvalue weighted by molar-refractivity contribution is 5.96. The van der Waals surface area contributed by atoms with Crippen LogP contribution in [0.4, 0.5) is 0 Å². The third-order valence-corrected chi connectivity index (χ3v) is 9.47. The average molecular weight is 328 g/mol. The maximum absolute atomic E-state index is 13.0. The number of carbonyl (C=O) groups excluding carboxylic acids is 1. The lowest BCUT2D eigenvalue weighted by Gasteiger charge is -2.61. The summed E-state index contributed by atoms with van der Waals surface area (Å²) in [5.74, 6) is 4.07. The zero-order valence-corrected chi connectivity index (χ0v) is 15.0. The second-order valence-corrected chi connectivity index (χ2v) is 9.94. The highest BCUT2D eigenvalue weighted by atomic mass is 16.3. The van der Waals surface area contributed by atoms with Crippen molar-refractivity contribution in [3.63, 3.8) is 0 Å². The fourth-order valence-corrected chi connectivity index (χ4v) is 8.35. The predicted molar refractivity (Wildman–Crippen MR) is 94.3 cm³/mol. The van der Waals surface area contributed by atoms with Gasteiger partial charge >= 0.3 is 0 Å². The SMILES string of the molecule is C[C@]12CC[C@@H](O)C[C@H]1CC[C@@H]1[C@@H]2CC[C@]23C(=O)C=CC[C@H]2CC[C@@H]13. The van der Waals surface area contributed by atoms with E-state index < -0.39 is 0 Å². The Balaban J connectivity index is 1.49. The van der Waals surface area contributed by atoms with Gasteiger partial charge in [-0.3, -0.25) is 4.79 Å². The fraction of sp³-hybridized carbons (Fsp3) is 0.864. The van der Waals surface area contributed by atoms with E-state index in [1.54, 1.807) is 0 Å². The molecule has 0 radical (unpaired) electrons. The van der Waals surface area contributed by atoms with Crippen LogP contribution < -0.4 is 0 Å². The molecule has 132 valence electrons. The van der Waals surface area contributed by atoms with Gasteiger partial charge in [-0.25, -0.2) is 0 Å². The molecule has 0 aromatic carbocycles. The number of allylic oxidation sites excluding steroid dienone is 2. The second kappa shape index (κ2) is 5.19. The van der Waals surface area contributed by atoms with Crippen LogP contribution in [0.15, 0.2) is 12.2 Å². The molecule has 24 heavy (non-hydrogen) atoms. The van der Waals surface area contributed by atoms with Gasteiger partial charge in [0, 0.05) is 5.41 Å². The van der Waals surface area contributed by atoms with E-state index in [2.05, 4.69) is 13.0 Å². The first-order valence-electron chi connectivity index (χ1n) is 10.4. The van der Waals surface area contributed by atoms with Crippen LogP contribution in [0.3, 0.4) is 0 Å². The summed E-state index contributed by atoms with van der Waals surface area (Å²) in [6.45, 7) is 2.54. The molecule has 0 aliphatic heterocycles. The highest BCUT2D eigenvalue weighted by Crippen LogP contribution is 2.68. The molecule has 4 fully saturated rings. The molecule has 0 amide bonds. The molecule has 4 saturated carbocycles. The lowest BCUT2D eigenvalue weighted by Crippen LogP contribution is -2.56. The van der Waals surface area contributed by atoms with E-state index in [9.17, 15) is 9.90 Å². The van der Waals surface area contributed by atoms with Gasteiger partial charge in [0.25, 0.3) is 0 Å². The third kappa shape index (κ3) is 1.84. The Hall–Kier alpha value is -0.630. The molecule has 5 rings (SSSR count). The number of hydrogen-bond acceptors (Lipinski definition) is 2. The van der Waals surface area contributed by atoms with Crippen LogP contribution in [0, 0.1) is 40.4 Å². The molecule has 0 saturated heterocycles. The molecule has 2 nitrogen and oxygen atoms in total. The first-order chi connectivity index (χ1) is 11.6. The van der Waals surface area contributed by atoms with Gasteiger partial charge in [0.15, 0.2) is 5.78 Å². The minimum Gasteiger partial charge on any atom is -0.393 e. The van der Waals surface area contributed by atoms with Gasteiger partial charge in [-0.1, -0.05) is 13.0 Å². The molecule has 8 atom stereocenters. The van der Waals surface area contributed by atoms with Crippen LogP contribution in [-0.2, 0) is 4.79 Å². The van der Waals surface area contributed by atoms with Crippen molar-refractivity contribution in [1.29, 1.82) is 0 Å². The molecule has 0 heterocycles. The fourth-order valence-electron chi connectivity index (χ4n) is 8.35. The molecule has 1 spiro atoms. The summed E-state index contributed by atoms with van der Waals surface area (Å²) in [5.41, 5.74) is 0.447. The van der Waals surface area contributed by atoms with Crippen LogP contribution in [0.5, 0.6) is 0 Å². The van der Waals surface area contributed by atoms with Gasteiger partial charge in [0.1, 0.15) is 0 Å². The van der Waals surface area contributed by atoms with Crippen LogP contribution in [0.2, 0.25) is 0 Å². The zero-order chi connectivity index (χ0) is 16.5. The standard InChI is InChI=1S/C22H32O2/c1-21-11-9-16(23)13-15(21)5-7-17-18(21)10-12-22-14(6-8-19(17)22)3-2-4-20(22)24/h2,4,14-19,23H,3,5-13H2,1H3/t14-,15+,16+,17+,18-,19-,21-,22-/m0/s1. The number of rotatable bonds is 0. The van der Waals surface area contributed by atoms with E-state index in [0.717, 1.165) is 43.4 Å². The van der Waals surface area contributed by atoms with Crippen LogP contribution in [0.25, 0.3) is 0 Å². The Bertz CT molecular complexity index is 581. The molecule has 0 aromatic heterocycles. The van der Waals surface area contributed by atoms with Crippen molar-refractivity contribution in [2.24, 2.45) is 40.4 Å². The van der Waals surface area contributed by atoms with Crippen molar-refractivity contribution in [1.82, 2.24) is 0 Å². The lowest BCUT2D eigenvalue weighted by molar-refractivity contribution is -0.152. The normalized spacial score (nSPS) is 56.2. The molecule has 0 unspecified atom stereocenters. The quantitative estimate of drug-likeness (QED) is 0.710. The molecule has 2 heteroatoms. The van der Waals surface area contributed by atoms with Gasteiger partial charge in [-0.05, 0) is 105 Å². The summed E-state index contributed by atoms with van der Waals surface area (Å²) < 4.78 is 0. The Morgan fingerprint density at radius 2 is 1.83 bits per heavy atom. The number of ketones is 1. The Morgan fingerprint density at radius 3 is 2.71 bits per heavy atom. The number of fused-ring (bicyclic) bond motifs is 4. The lowest BCUT2D eigenvalue weighted by atomic mass is 9.43. The summed E-state index contributed by atoms with van der Waals surface area (Å²) in [4.78, 5) is 13.0. The minimum atomic E-state index is -0.0597. The Labute approximate surface area is 146 Å². The van der Waals surface area contributed by atoms with Crippen molar-refractivity contribution < 1.29 is 9.90 Å². The van der Waals surface area contributed by atoms with Crippen LogP contribution in [-0.4, -0.2) is 17.0 Å². The van der Waals surface area contributed by atoms with Gasteiger partial charge in [-0.2, -0.15) is 0 Å². The topological polar surface area (TPSA) is 37.3 Å². The van der Waals surface area contributed by atoms with Crippen molar-refractivity contribution in [2.75, 3.05) is 0 Å². The molecular formula is C22H32O2. The summed E-state index contributed by atoms with van der Waals surface area (Å²) in [5, 5.41) is 10.1. The van der Waals surface area contributed by atoms with Gasteiger partial charge in [0.2, 0.25) is 0 Å². The number of carbonyl (C=O) groups is 1. The molecule has 1 N–H and O–H groups in total. The largest absolute Gasteiger partial charge is 0.393 e. The maximum atomic E-state index is 13.0. The Kier molecular flexibility index (Phi) is 3.38. The van der Waals surface area contributed by atoms with Gasteiger partial charge in [0.05, 0.1) is 6.10 Å². The van der Waals surface area contributed by atoms with Crippen molar-refractivity contribution in [3.8, 4) is 0 Å². The van der Waals surface area contributed by atoms with Crippen molar-refractivity contribution >= 4 is 5.78 Å². The summed E-state index contributed by atoms with van der Waals surface area (Å²) >= 11 is 0. The van der Waals surface area contributed by atoms with Crippen molar-refractivity contribution in [2.45, 2.75) is 77.2 Å². The van der Waals surface area contributed by atoms with Gasteiger partial charge in [-0.15, -0.1) is 0 Å². The van der Waals surface area contributed by atoms with Crippen molar-refractivity contribution in [3.05, 3.63) is 12.2 Å². The van der Waals surface area contributed by atoms with E-state index in [-0.39, 0.29) is 11.5 Å². The minimum absolute atomic E-state index is 0.0211. The van der Waals surface area contributed by atoms with Crippen LogP contribution >= 0.6 is 0 Å². The molecule has 0 aromatic rings. The summed E-state index contributed by atoms with van der Waals surface area (Å²) in [7, 11) is 0. The van der Waals surface area contributed by atoms with E-state index >= 15 is 0 Å². The number of hydrogen-bond donors (Lipinski definition) is 1. The molecule has 0 bridgehead atoms. The number of aliphatic hydroxyl groups is 1. The average Bonchev–Trinajstić information content (AvgIpc) is 2.97.